The summed E-state index contributed by atoms with van der Waals surface area (Å²) in [7, 11) is 1.57. The fourth-order valence-electron chi connectivity index (χ4n) is 2.49. The van der Waals surface area contributed by atoms with Crippen molar-refractivity contribution in [2.75, 3.05) is 11.9 Å². The molecule has 1 aromatic rings. The van der Waals surface area contributed by atoms with E-state index >= 15 is 0 Å². The fourth-order valence-corrected chi connectivity index (χ4v) is 3.39. The third kappa shape index (κ3) is 3.75. The Kier molecular flexibility index (Phi) is 4.60. The van der Waals surface area contributed by atoms with Crippen LogP contribution in [0.1, 0.15) is 24.5 Å². The number of halogens is 1. The first-order valence-corrected chi connectivity index (χ1v) is 8.98. The van der Waals surface area contributed by atoms with Gasteiger partial charge in [0.2, 0.25) is 5.91 Å². The number of ether oxygens (including phenoxy) is 1. The van der Waals surface area contributed by atoms with E-state index in [1.165, 1.54) is 12.1 Å². The van der Waals surface area contributed by atoms with Crippen LogP contribution >= 0.6 is 10.7 Å². The molecule has 0 aromatic heterocycles. The molecule has 2 atom stereocenters. The smallest absolute Gasteiger partial charge is 0.261 e. The van der Waals surface area contributed by atoms with E-state index in [2.05, 4.69) is 5.32 Å². The van der Waals surface area contributed by atoms with Gasteiger partial charge in [0, 0.05) is 16.4 Å². The molecule has 0 radical (unpaired) electrons. The first-order valence-electron chi connectivity index (χ1n) is 6.67. The number of aryl methyl sites for hydroxylation is 2. The lowest BCUT2D eigenvalue weighted by Crippen LogP contribution is -2.24. The van der Waals surface area contributed by atoms with E-state index in [0.29, 0.717) is 29.8 Å². The monoisotopic (exact) mass is 331 g/mol. The number of amides is 1. The average molecular weight is 332 g/mol. The molecule has 1 aliphatic rings. The van der Waals surface area contributed by atoms with Gasteiger partial charge in [0.15, 0.2) is 0 Å². The highest BCUT2D eigenvalue weighted by molar-refractivity contribution is 8.13. The largest absolute Gasteiger partial charge is 0.378 e. The summed E-state index contributed by atoms with van der Waals surface area (Å²) in [5, 5.41) is 2.86. The van der Waals surface area contributed by atoms with Crippen molar-refractivity contribution < 1.29 is 17.9 Å². The molecule has 1 fully saturated rings. The Balaban J connectivity index is 2.23. The highest BCUT2D eigenvalue weighted by atomic mass is 35.7. The van der Waals surface area contributed by atoms with Crippen LogP contribution in [0.15, 0.2) is 17.0 Å². The molecular weight excluding hydrogens is 314 g/mol. The molecule has 5 nitrogen and oxygen atoms in total. The second-order valence-corrected chi connectivity index (χ2v) is 8.00. The van der Waals surface area contributed by atoms with Crippen molar-refractivity contribution in [1.82, 2.24) is 0 Å². The van der Waals surface area contributed by atoms with Gasteiger partial charge in [0.25, 0.3) is 9.05 Å². The molecule has 1 aromatic carbocycles. The lowest BCUT2D eigenvalue weighted by Gasteiger charge is -2.15. The number of rotatable bonds is 3. The predicted molar refractivity (Wildman–Crippen MR) is 81.1 cm³/mol. The molecular formula is C14H18ClNO4S. The number of hydrogen-bond acceptors (Lipinski definition) is 4. The minimum atomic E-state index is -3.78. The van der Waals surface area contributed by atoms with Gasteiger partial charge < -0.3 is 10.1 Å². The van der Waals surface area contributed by atoms with E-state index in [1.807, 2.05) is 6.92 Å². The highest BCUT2D eigenvalue weighted by Gasteiger charge is 2.28. The van der Waals surface area contributed by atoms with Crippen LogP contribution in [0.5, 0.6) is 0 Å². The maximum atomic E-state index is 12.2. The van der Waals surface area contributed by atoms with E-state index in [9.17, 15) is 13.2 Å². The van der Waals surface area contributed by atoms with Gasteiger partial charge in [-0.2, -0.15) is 0 Å². The van der Waals surface area contributed by atoms with Crippen LogP contribution in [0.2, 0.25) is 0 Å². The van der Waals surface area contributed by atoms with Crippen molar-refractivity contribution in [3.63, 3.8) is 0 Å². The summed E-state index contributed by atoms with van der Waals surface area (Å²) in [5.41, 5.74) is 1.95. The summed E-state index contributed by atoms with van der Waals surface area (Å²) in [6.07, 6.45) is 0.782. The van der Waals surface area contributed by atoms with Crippen molar-refractivity contribution in [1.29, 1.82) is 0 Å². The summed E-state index contributed by atoms with van der Waals surface area (Å²) in [5.74, 6) is -0.276. The summed E-state index contributed by atoms with van der Waals surface area (Å²) >= 11 is 0. The first kappa shape index (κ1) is 16.3. The van der Waals surface area contributed by atoms with Crippen LogP contribution in [-0.2, 0) is 18.6 Å². The molecule has 0 saturated carbocycles. The van der Waals surface area contributed by atoms with Crippen LogP contribution in [0.4, 0.5) is 5.69 Å². The Morgan fingerprint density at radius 2 is 1.90 bits per heavy atom. The van der Waals surface area contributed by atoms with Gasteiger partial charge in [0.05, 0.1) is 23.5 Å². The van der Waals surface area contributed by atoms with E-state index in [4.69, 9.17) is 15.4 Å². The molecule has 1 heterocycles. The molecule has 1 aliphatic heterocycles. The minimum absolute atomic E-state index is 0.0370. The molecule has 1 amide bonds. The van der Waals surface area contributed by atoms with E-state index in [0.717, 1.165) is 0 Å². The Hall–Kier alpha value is -1.11. The maximum absolute atomic E-state index is 12.2. The molecule has 7 heteroatoms. The summed E-state index contributed by atoms with van der Waals surface area (Å²) < 4.78 is 28.1. The Morgan fingerprint density at radius 3 is 2.33 bits per heavy atom. The maximum Gasteiger partial charge on any atom is 0.261 e. The van der Waals surface area contributed by atoms with Gasteiger partial charge in [-0.25, -0.2) is 8.42 Å². The first-order chi connectivity index (χ1) is 9.68. The number of nitrogens with one attached hydrogen (secondary N) is 1. The van der Waals surface area contributed by atoms with Gasteiger partial charge in [0.1, 0.15) is 0 Å². The third-order valence-electron chi connectivity index (χ3n) is 3.61. The van der Waals surface area contributed by atoms with Crippen LogP contribution in [0, 0.1) is 19.8 Å². The predicted octanol–water partition coefficient (Wildman–Crippen LogP) is 2.59. The highest BCUT2D eigenvalue weighted by Crippen LogP contribution is 2.28. The normalized spacial score (nSPS) is 22.3. The zero-order chi connectivity index (χ0) is 15.8. The minimum Gasteiger partial charge on any atom is -0.378 e. The Bertz CT molecular complexity index is 649. The molecule has 1 saturated heterocycles. The van der Waals surface area contributed by atoms with E-state index in [1.54, 1.807) is 13.8 Å². The topological polar surface area (TPSA) is 72.5 Å². The number of hydrogen-bond donors (Lipinski definition) is 1. The van der Waals surface area contributed by atoms with Crippen molar-refractivity contribution in [2.24, 2.45) is 5.92 Å². The quantitative estimate of drug-likeness (QED) is 0.864. The number of carbonyl (C=O) groups excluding carboxylic acids is 1. The standard InChI is InChI=1S/C14H18ClNO4S/c1-8-4-12(21(15,18)19)5-9(2)13(8)16-14(17)11-6-10(3)20-7-11/h4-5,10-11H,6-7H2,1-3H3,(H,16,17). The molecule has 1 N–H and O–H groups in total. The zero-order valence-electron chi connectivity index (χ0n) is 12.1. The van der Waals surface area contributed by atoms with Crippen LogP contribution in [0.3, 0.4) is 0 Å². The average Bonchev–Trinajstić information content (AvgIpc) is 2.79. The Morgan fingerprint density at radius 1 is 1.33 bits per heavy atom. The molecule has 116 valence electrons. The molecule has 0 aliphatic carbocycles. The number of carbonyl (C=O) groups is 1. The fraction of sp³-hybridized carbons (Fsp3) is 0.500. The summed E-state index contributed by atoms with van der Waals surface area (Å²) in [6, 6.07) is 2.91. The second kappa shape index (κ2) is 5.94. The van der Waals surface area contributed by atoms with Gasteiger partial charge in [-0.3, -0.25) is 4.79 Å². The van der Waals surface area contributed by atoms with Crippen LogP contribution in [0.25, 0.3) is 0 Å². The molecule has 2 rings (SSSR count). The summed E-state index contributed by atoms with van der Waals surface area (Å²) in [4.78, 5) is 12.2. The second-order valence-electron chi connectivity index (χ2n) is 5.44. The zero-order valence-corrected chi connectivity index (χ0v) is 13.7. The van der Waals surface area contributed by atoms with E-state index < -0.39 is 9.05 Å². The summed E-state index contributed by atoms with van der Waals surface area (Å²) in [6.45, 7) is 5.83. The van der Waals surface area contributed by atoms with Gasteiger partial charge >= 0.3 is 0 Å². The molecule has 2 unspecified atom stereocenters. The lowest BCUT2D eigenvalue weighted by molar-refractivity contribution is -0.119. The lowest BCUT2D eigenvalue weighted by atomic mass is 10.0. The van der Waals surface area contributed by atoms with Crippen molar-refractivity contribution in [2.45, 2.75) is 38.2 Å². The van der Waals surface area contributed by atoms with Crippen molar-refractivity contribution >= 4 is 31.3 Å². The van der Waals surface area contributed by atoms with Crippen LogP contribution < -0.4 is 5.32 Å². The molecule has 0 spiro atoms. The van der Waals surface area contributed by atoms with Crippen LogP contribution in [-0.4, -0.2) is 27.0 Å². The van der Waals surface area contributed by atoms with Crippen molar-refractivity contribution in [3.8, 4) is 0 Å². The van der Waals surface area contributed by atoms with Gasteiger partial charge in [-0.1, -0.05) is 0 Å². The van der Waals surface area contributed by atoms with Gasteiger partial charge in [-0.15, -0.1) is 0 Å². The molecule has 0 bridgehead atoms. The number of benzene rings is 1. The number of anilines is 1. The Labute approximate surface area is 129 Å². The van der Waals surface area contributed by atoms with Gasteiger partial charge in [-0.05, 0) is 50.5 Å². The SMILES string of the molecule is Cc1cc(S(=O)(=O)Cl)cc(C)c1NC(=O)C1COC(C)C1. The third-order valence-corrected chi connectivity index (χ3v) is 4.94. The molecule has 21 heavy (non-hydrogen) atoms. The van der Waals surface area contributed by atoms with Crippen molar-refractivity contribution in [3.05, 3.63) is 23.3 Å². The van der Waals surface area contributed by atoms with E-state index in [-0.39, 0.29) is 22.8 Å².